The summed E-state index contributed by atoms with van der Waals surface area (Å²) in [6.45, 7) is 12.4. The van der Waals surface area contributed by atoms with Gasteiger partial charge in [-0.15, -0.1) is 0 Å². The molecule has 2 aliphatic rings. The Morgan fingerprint density at radius 1 is 1.00 bits per heavy atom. The summed E-state index contributed by atoms with van der Waals surface area (Å²) in [5.41, 5.74) is 4.21. The highest BCUT2D eigenvalue weighted by Crippen LogP contribution is 2.33. The van der Waals surface area contributed by atoms with Gasteiger partial charge in [-0.1, -0.05) is 81.6 Å². The number of amides is 2. The molecule has 1 saturated carbocycles. The molecular formula is C35H47N5O2. The highest BCUT2D eigenvalue weighted by atomic mass is 16.2. The van der Waals surface area contributed by atoms with Crippen molar-refractivity contribution in [2.24, 2.45) is 5.92 Å². The third kappa shape index (κ3) is 7.01. The van der Waals surface area contributed by atoms with Crippen LogP contribution in [0.2, 0.25) is 0 Å². The van der Waals surface area contributed by atoms with Crippen molar-refractivity contribution in [3.8, 4) is 11.3 Å². The van der Waals surface area contributed by atoms with Crippen molar-refractivity contribution in [1.82, 2.24) is 25.0 Å². The molecule has 0 spiro atoms. The fourth-order valence-corrected chi connectivity index (χ4v) is 6.68. The van der Waals surface area contributed by atoms with Gasteiger partial charge < -0.3 is 15.1 Å². The summed E-state index contributed by atoms with van der Waals surface area (Å²) in [5.74, 6) is 0.623. The zero-order chi connectivity index (χ0) is 29.5. The van der Waals surface area contributed by atoms with Gasteiger partial charge in [0.25, 0.3) is 5.91 Å². The minimum Gasteiger partial charge on any atom is -0.349 e. The molecule has 3 aromatic rings. The maximum Gasteiger partial charge on any atom is 0.252 e. The number of piperazine rings is 1. The second kappa shape index (κ2) is 14.3. The fraction of sp³-hybridized carbons (Fsp3) is 0.514. The van der Waals surface area contributed by atoms with Crippen LogP contribution in [0, 0.1) is 5.92 Å². The number of hydrogen-bond acceptors (Lipinski definition) is 5. The number of para-hydroxylation sites is 1. The summed E-state index contributed by atoms with van der Waals surface area (Å²) < 4.78 is 0. The van der Waals surface area contributed by atoms with Crippen LogP contribution in [0.1, 0.15) is 68.8 Å². The van der Waals surface area contributed by atoms with Crippen LogP contribution < -0.4 is 5.32 Å². The molecule has 224 valence electrons. The van der Waals surface area contributed by atoms with Gasteiger partial charge in [-0.05, 0) is 44.8 Å². The van der Waals surface area contributed by atoms with Crippen molar-refractivity contribution in [3.05, 3.63) is 65.7 Å². The van der Waals surface area contributed by atoms with Gasteiger partial charge in [0.15, 0.2) is 0 Å². The minimum atomic E-state index is -0.0389. The Kier molecular flexibility index (Phi) is 10.2. The molecule has 1 aromatic heterocycles. The van der Waals surface area contributed by atoms with Crippen LogP contribution in [0.15, 0.2) is 54.6 Å². The monoisotopic (exact) mass is 569 g/mol. The van der Waals surface area contributed by atoms with Crippen molar-refractivity contribution in [2.75, 3.05) is 45.8 Å². The van der Waals surface area contributed by atoms with E-state index in [4.69, 9.17) is 4.98 Å². The summed E-state index contributed by atoms with van der Waals surface area (Å²) in [6.07, 6.45) is 6.10. The van der Waals surface area contributed by atoms with Crippen LogP contribution in [0.3, 0.4) is 0 Å². The lowest BCUT2D eigenvalue weighted by atomic mass is 9.84. The Labute approximate surface area is 251 Å². The van der Waals surface area contributed by atoms with Crippen LogP contribution in [-0.2, 0) is 11.3 Å². The molecule has 42 heavy (non-hydrogen) atoms. The largest absolute Gasteiger partial charge is 0.349 e. The Hall–Kier alpha value is -3.29. The van der Waals surface area contributed by atoms with Crippen LogP contribution in [0.25, 0.3) is 22.2 Å². The molecule has 7 heteroatoms. The summed E-state index contributed by atoms with van der Waals surface area (Å²) in [7, 11) is 0. The van der Waals surface area contributed by atoms with E-state index in [0.717, 1.165) is 60.4 Å². The topological polar surface area (TPSA) is 68.8 Å². The SMILES string of the molecule is CCN(CC)CCN1CCN(Cc2c(-c3ccccc3)nc3ccccc3c2C(=O)N[C@@H](C)C2CCCCC2)CC1=O. The lowest BCUT2D eigenvalue weighted by molar-refractivity contribution is -0.136. The van der Waals surface area contributed by atoms with E-state index in [0.29, 0.717) is 31.1 Å². The molecule has 0 radical (unpaired) electrons. The molecule has 1 aliphatic heterocycles. The highest BCUT2D eigenvalue weighted by molar-refractivity contribution is 6.09. The Balaban J connectivity index is 1.47. The molecule has 1 N–H and O–H groups in total. The molecule has 1 aliphatic carbocycles. The number of likely N-dealkylation sites (N-methyl/N-ethyl adjacent to an activating group) is 1. The number of carbonyl (C=O) groups excluding carboxylic acids is 2. The molecule has 0 bridgehead atoms. The molecule has 2 aromatic carbocycles. The predicted molar refractivity (Wildman–Crippen MR) is 170 cm³/mol. The maximum atomic E-state index is 14.2. The normalized spacial score (nSPS) is 17.6. The number of aromatic nitrogens is 1. The Morgan fingerprint density at radius 3 is 2.43 bits per heavy atom. The predicted octanol–water partition coefficient (Wildman–Crippen LogP) is 5.59. The van der Waals surface area contributed by atoms with Crippen molar-refractivity contribution in [3.63, 3.8) is 0 Å². The summed E-state index contributed by atoms with van der Waals surface area (Å²) in [6, 6.07) is 18.2. The van der Waals surface area contributed by atoms with Gasteiger partial charge in [-0.2, -0.15) is 0 Å². The zero-order valence-electron chi connectivity index (χ0n) is 25.6. The zero-order valence-corrected chi connectivity index (χ0v) is 25.6. The highest BCUT2D eigenvalue weighted by Gasteiger charge is 2.29. The maximum absolute atomic E-state index is 14.2. The van der Waals surface area contributed by atoms with E-state index in [1.807, 2.05) is 47.4 Å². The smallest absolute Gasteiger partial charge is 0.252 e. The molecule has 1 atom stereocenters. The first-order valence-corrected chi connectivity index (χ1v) is 16.0. The molecule has 1 saturated heterocycles. The molecule has 2 amide bonds. The van der Waals surface area contributed by atoms with Gasteiger partial charge in [-0.25, -0.2) is 4.98 Å². The lowest BCUT2D eigenvalue weighted by Gasteiger charge is -2.36. The number of carbonyl (C=O) groups is 2. The average molecular weight is 570 g/mol. The van der Waals surface area contributed by atoms with Gasteiger partial charge in [0.05, 0.1) is 23.3 Å². The number of hydrogen-bond donors (Lipinski definition) is 1. The first kappa shape index (κ1) is 30.2. The Bertz CT molecular complexity index is 1350. The standard InChI is InChI=1S/C35H47N5O2/c1-4-38(5-2)20-22-40-23-21-39(25-32(40)41)24-30-33(35(42)36-26(3)27-14-8-6-9-15-27)29-18-12-13-19-31(29)37-34(30)28-16-10-7-11-17-28/h7,10-13,16-19,26-27H,4-6,8-9,14-15,20-25H2,1-3H3,(H,36,42)/t26-/m0/s1. The van der Waals surface area contributed by atoms with Gasteiger partial charge in [0.1, 0.15) is 0 Å². The van der Waals surface area contributed by atoms with Gasteiger partial charge in [-0.3, -0.25) is 14.5 Å². The molecule has 2 heterocycles. The van der Waals surface area contributed by atoms with Gasteiger partial charge >= 0.3 is 0 Å². The fourth-order valence-electron chi connectivity index (χ4n) is 6.68. The first-order chi connectivity index (χ1) is 20.5. The Morgan fingerprint density at radius 2 is 1.71 bits per heavy atom. The van der Waals surface area contributed by atoms with Crippen molar-refractivity contribution < 1.29 is 9.59 Å². The second-order valence-electron chi connectivity index (χ2n) is 12.0. The molecule has 5 rings (SSSR count). The lowest BCUT2D eigenvalue weighted by Crippen LogP contribution is -2.51. The number of rotatable bonds is 11. The van der Waals surface area contributed by atoms with Crippen molar-refractivity contribution >= 4 is 22.7 Å². The summed E-state index contributed by atoms with van der Waals surface area (Å²) >= 11 is 0. The minimum absolute atomic E-state index is 0.0389. The van der Waals surface area contributed by atoms with E-state index in [1.54, 1.807) is 0 Å². The quantitative estimate of drug-likeness (QED) is 0.326. The molecule has 2 fully saturated rings. The summed E-state index contributed by atoms with van der Waals surface area (Å²) in [5, 5.41) is 4.27. The molecular weight excluding hydrogens is 522 g/mol. The molecule has 7 nitrogen and oxygen atoms in total. The molecule has 0 unspecified atom stereocenters. The number of nitrogens with zero attached hydrogens (tertiary/aromatic N) is 4. The van der Waals surface area contributed by atoms with E-state index >= 15 is 0 Å². The van der Waals surface area contributed by atoms with Crippen LogP contribution >= 0.6 is 0 Å². The number of fused-ring (bicyclic) bond motifs is 1. The van der Waals surface area contributed by atoms with E-state index in [2.05, 4.69) is 48.0 Å². The summed E-state index contributed by atoms with van der Waals surface area (Å²) in [4.78, 5) is 39.2. The van der Waals surface area contributed by atoms with Gasteiger partial charge in [0, 0.05) is 55.3 Å². The van der Waals surface area contributed by atoms with E-state index in [9.17, 15) is 9.59 Å². The third-order valence-electron chi connectivity index (χ3n) is 9.34. The number of benzene rings is 2. The van der Waals surface area contributed by atoms with E-state index in [1.165, 1.54) is 32.1 Å². The first-order valence-electron chi connectivity index (χ1n) is 16.0. The van der Waals surface area contributed by atoms with Crippen molar-refractivity contribution in [1.29, 1.82) is 0 Å². The number of nitrogens with one attached hydrogen (secondary N) is 1. The van der Waals surface area contributed by atoms with Gasteiger partial charge in [0.2, 0.25) is 5.91 Å². The van der Waals surface area contributed by atoms with E-state index < -0.39 is 0 Å². The average Bonchev–Trinajstić information content (AvgIpc) is 3.02. The third-order valence-corrected chi connectivity index (χ3v) is 9.34. The van der Waals surface area contributed by atoms with Crippen LogP contribution in [0.4, 0.5) is 0 Å². The van der Waals surface area contributed by atoms with Crippen molar-refractivity contribution in [2.45, 2.75) is 65.5 Å². The van der Waals surface area contributed by atoms with Crippen LogP contribution in [-0.4, -0.2) is 83.4 Å². The number of pyridine rings is 1. The van der Waals surface area contributed by atoms with E-state index in [-0.39, 0.29) is 17.9 Å². The van der Waals surface area contributed by atoms with Crippen LogP contribution in [0.5, 0.6) is 0 Å². The second-order valence-corrected chi connectivity index (χ2v) is 12.0.